The van der Waals surface area contributed by atoms with Gasteiger partial charge in [-0.2, -0.15) is 5.10 Å². The smallest absolute Gasteiger partial charge is 0.256 e. The van der Waals surface area contributed by atoms with Gasteiger partial charge in [0, 0.05) is 18.9 Å². The number of carbonyl (C=O) groups excluding carboxylic acids is 1. The lowest BCUT2D eigenvalue weighted by atomic mass is 10.1. The molecule has 0 spiro atoms. The van der Waals surface area contributed by atoms with Crippen molar-refractivity contribution in [2.75, 3.05) is 19.0 Å². The van der Waals surface area contributed by atoms with E-state index in [1.165, 1.54) is 6.07 Å². The zero-order chi connectivity index (χ0) is 14.5. The number of benzene rings is 1. The van der Waals surface area contributed by atoms with E-state index in [-0.39, 0.29) is 11.7 Å². The summed E-state index contributed by atoms with van der Waals surface area (Å²) in [7, 11) is 1.62. The normalized spacial score (nSPS) is 10.5. The number of hydrogen-bond donors (Lipinski definition) is 2. The van der Waals surface area contributed by atoms with Crippen molar-refractivity contribution in [3.63, 3.8) is 0 Å². The van der Waals surface area contributed by atoms with Gasteiger partial charge in [-0.3, -0.25) is 9.48 Å². The van der Waals surface area contributed by atoms with Crippen molar-refractivity contribution in [1.29, 1.82) is 0 Å². The number of methoxy groups -OCH3 is 1. The Bertz CT molecular complexity index is 607. The van der Waals surface area contributed by atoms with Gasteiger partial charge >= 0.3 is 0 Å². The van der Waals surface area contributed by atoms with Gasteiger partial charge in [0.2, 0.25) is 0 Å². The van der Waals surface area contributed by atoms with Gasteiger partial charge in [0.25, 0.3) is 5.91 Å². The van der Waals surface area contributed by atoms with Crippen LogP contribution in [0.1, 0.15) is 15.9 Å². The van der Waals surface area contributed by atoms with Gasteiger partial charge in [-0.05, 0) is 30.7 Å². The predicted molar refractivity (Wildman–Crippen MR) is 74.9 cm³/mol. The van der Waals surface area contributed by atoms with Crippen LogP contribution in [0, 0.1) is 6.92 Å². The number of rotatable bonds is 5. The van der Waals surface area contributed by atoms with Crippen molar-refractivity contribution in [2.45, 2.75) is 13.5 Å². The molecule has 1 aromatic heterocycles. The van der Waals surface area contributed by atoms with Gasteiger partial charge in [0.15, 0.2) is 0 Å². The van der Waals surface area contributed by atoms with Gasteiger partial charge in [-0.15, -0.1) is 0 Å². The number of ether oxygens (including phenoxy) is 1. The lowest BCUT2D eigenvalue weighted by Gasteiger charge is -2.06. The highest BCUT2D eigenvalue weighted by Gasteiger charge is 2.10. The molecule has 0 saturated carbocycles. The van der Waals surface area contributed by atoms with E-state index in [0.717, 1.165) is 0 Å². The molecule has 0 aliphatic heterocycles. The number of carbonyl (C=O) groups is 1. The number of amides is 1. The summed E-state index contributed by atoms with van der Waals surface area (Å²) < 4.78 is 6.66. The fraction of sp³-hybridized carbons (Fsp3) is 0.286. The fourth-order valence-electron chi connectivity index (χ4n) is 1.84. The number of aryl methyl sites for hydroxylation is 1. The molecule has 1 amide bonds. The average Bonchev–Trinajstić information content (AvgIpc) is 2.83. The molecule has 0 saturated heterocycles. The predicted octanol–water partition coefficient (Wildman–Crippen LogP) is 1.80. The molecule has 0 radical (unpaired) electrons. The Morgan fingerprint density at radius 3 is 3.00 bits per heavy atom. The maximum atomic E-state index is 12.1. The first kappa shape index (κ1) is 14.1. The van der Waals surface area contributed by atoms with Crippen LogP contribution in [0.3, 0.4) is 0 Å². The zero-order valence-corrected chi connectivity index (χ0v) is 11.5. The fourth-order valence-corrected chi connectivity index (χ4v) is 1.84. The molecule has 2 aromatic rings. The molecule has 6 nitrogen and oxygen atoms in total. The molecule has 0 unspecified atom stereocenters. The first-order chi connectivity index (χ1) is 9.60. The van der Waals surface area contributed by atoms with E-state index in [1.54, 1.807) is 43.2 Å². The topological polar surface area (TPSA) is 76.4 Å². The quantitative estimate of drug-likeness (QED) is 0.872. The van der Waals surface area contributed by atoms with Crippen LogP contribution in [0.15, 0.2) is 30.6 Å². The second-order valence-corrected chi connectivity index (χ2v) is 4.44. The minimum absolute atomic E-state index is 0.145. The highest BCUT2D eigenvalue weighted by molar-refractivity contribution is 6.05. The summed E-state index contributed by atoms with van der Waals surface area (Å²) in [6, 6.07) is 4.64. The maximum absolute atomic E-state index is 12.1. The molecule has 0 aliphatic carbocycles. The Balaban J connectivity index is 2.05. The second kappa shape index (κ2) is 6.21. The Hall–Kier alpha value is -2.34. The Kier molecular flexibility index (Phi) is 4.37. The summed E-state index contributed by atoms with van der Waals surface area (Å²) in [5.41, 5.74) is 1.86. The minimum atomic E-state index is -0.228. The van der Waals surface area contributed by atoms with Crippen LogP contribution in [-0.2, 0) is 11.3 Å². The van der Waals surface area contributed by atoms with E-state index in [9.17, 15) is 9.90 Å². The molecule has 1 heterocycles. The highest BCUT2D eigenvalue weighted by atomic mass is 16.5. The van der Waals surface area contributed by atoms with Crippen molar-refractivity contribution in [3.05, 3.63) is 41.7 Å². The first-order valence-electron chi connectivity index (χ1n) is 6.22. The summed E-state index contributed by atoms with van der Waals surface area (Å²) in [5, 5.41) is 16.2. The molecule has 0 fully saturated rings. The lowest BCUT2D eigenvalue weighted by Crippen LogP contribution is -2.13. The monoisotopic (exact) mass is 275 g/mol. The van der Waals surface area contributed by atoms with Gasteiger partial charge < -0.3 is 15.2 Å². The average molecular weight is 275 g/mol. The molecule has 0 atom stereocenters. The van der Waals surface area contributed by atoms with E-state index < -0.39 is 0 Å². The first-order valence-corrected chi connectivity index (χ1v) is 6.22. The van der Waals surface area contributed by atoms with Gasteiger partial charge in [-0.25, -0.2) is 0 Å². The largest absolute Gasteiger partial charge is 0.508 e. The van der Waals surface area contributed by atoms with Crippen molar-refractivity contribution >= 4 is 11.6 Å². The molecule has 20 heavy (non-hydrogen) atoms. The number of nitrogens with zero attached hydrogens (tertiary/aromatic N) is 2. The van der Waals surface area contributed by atoms with Crippen molar-refractivity contribution in [3.8, 4) is 5.75 Å². The van der Waals surface area contributed by atoms with Crippen LogP contribution in [0.25, 0.3) is 0 Å². The van der Waals surface area contributed by atoms with E-state index in [1.807, 2.05) is 0 Å². The van der Waals surface area contributed by atoms with E-state index in [4.69, 9.17) is 4.74 Å². The minimum Gasteiger partial charge on any atom is -0.508 e. The molecule has 2 rings (SSSR count). The lowest BCUT2D eigenvalue weighted by molar-refractivity contribution is 0.102. The standard InChI is InChI=1S/C14H17N3O3/c1-10-7-12(18)3-4-13(10)14(19)16-11-8-15-17(9-11)5-6-20-2/h3-4,7-9,18H,5-6H2,1-2H3,(H,16,19). The van der Waals surface area contributed by atoms with Gasteiger partial charge in [-0.1, -0.05) is 0 Å². The number of aromatic nitrogens is 2. The number of hydrogen-bond acceptors (Lipinski definition) is 4. The number of aromatic hydroxyl groups is 1. The SMILES string of the molecule is COCCn1cc(NC(=O)c2ccc(O)cc2C)cn1. The number of phenols is 1. The van der Waals surface area contributed by atoms with Crippen molar-refractivity contribution in [1.82, 2.24) is 9.78 Å². The summed E-state index contributed by atoms with van der Waals surface area (Å²) in [6.07, 6.45) is 3.33. The van der Waals surface area contributed by atoms with Gasteiger partial charge in [0.1, 0.15) is 5.75 Å². The molecule has 106 valence electrons. The number of anilines is 1. The molecule has 0 bridgehead atoms. The third-order valence-corrected chi connectivity index (χ3v) is 2.87. The Morgan fingerprint density at radius 2 is 2.30 bits per heavy atom. The third-order valence-electron chi connectivity index (χ3n) is 2.87. The van der Waals surface area contributed by atoms with Crippen LogP contribution in [0.2, 0.25) is 0 Å². The number of phenolic OH excluding ortho intramolecular Hbond substituents is 1. The van der Waals surface area contributed by atoms with Crippen molar-refractivity contribution < 1.29 is 14.6 Å². The zero-order valence-electron chi connectivity index (χ0n) is 11.5. The van der Waals surface area contributed by atoms with Crippen LogP contribution >= 0.6 is 0 Å². The van der Waals surface area contributed by atoms with Crippen LogP contribution in [0.4, 0.5) is 5.69 Å². The summed E-state index contributed by atoms with van der Waals surface area (Å²) >= 11 is 0. The third kappa shape index (κ3) is 3.36. The summed E-state index contributed by atoms with van der Waals surface area (Å²) in [5.74, 6) is -0.0831. The molecule has 1 aromatic carbocycles. The molecule has 6 heteroatoms. The second-order valence-electron chi connectivity index (χ2n) is 4.44. The molecular weight excluding hydrogens is 258 g/mol. The highest BCUT2D eigenvalue weighted by Crippen LogP contribution is 2.17. The number of nitrogens with one attached hydrogen (secondary N) is 1. The van der Waals surface area contributed by atoms with Gasteiger partial charge in [0.05, 0.1) is 25.0 Å². The molecule has 2 N–H and O–H groups in total. The van der Waals surface area contributed by atoms with Crippen LogP contribution < -0.4 is 5.32 Å². The Labute approximate surface area is 117 Å². The van der Waals surface area contributed by atoms with E-state index in [0.29, 0.717) is 30.0 Å². The Morgan fingerprint density at radius 1 is 1.50 bits per heavy atom. The maximum Gasteiger partial charge on any atom is 0.256 e. The van der Waals surface area contributed by atoms with E-state index in [2.05, 4.69) is 10.4 Å². The van der Waals surface area contributed by atoms with Crippen LogP contribution in [0.5, 0.6) is 5.75 Å². The molecular formula is C14H17N3O3. The summed E-state index contributed by atoms with van der Waals surface area (Å²) in [4.78, 5) is 12.1. The van der Waals surface area contributed by atoms with Crippen LogP contribution in [-0.4, -0.2) is 34.5 Å². The summed E-state index contributed by atoms with van der Waals surface area (Å²) in [6.45, 7) is 2.97. The van der Waals surface area contributed by atoms with Crippen molar-refractivity contribution in [2.24, 2.45) is 0 Å². The van der Waals surface area contributed by atoms with E-state index >= 15 is 0 Å². The molecule has 0 aliphatic rings.